The molecule has 1 aromatic heterocycles. The Morgan fingerprint density at radius 2 is 1.83 bits per heavy atom. The Kier molecular flexibility index (Phi) is 5.27. The molecule has 0 spiro atoms. The van der Waals surface area contributed by atoms with Crippen LogP contribution in [0.15, 0.2) is 24.3 Å². The second-order valence-corrected chi connectivity index (χ2v) is 7.98. The van der Waals surface area contributed by atoms with Crippen LogP contribution in [0, 0.1) is 5.82 Å². The molecular formula is C18H25FN4S. The number of nitrogens with one attached hydrogen (secondary N) is 1. The molecule has 6 heteroatoms. The second-order valence-electron chi connectivity index (χ2n) is 6.94. The smallest absolute Gasteiger partial charge is 0.139 e. The Bertz CT molecular complexity index is 670. The minimum atomic E-state index is -0.209. The van der Waals surface area contributed by atoms with Gasteiger partial charge in [-0.2, -0.15) is 0 Å². The molecule has 0 saturated carbocycles. The van der Waals surface area contributed by atoms with Crippen LogP contribution in [0.3, 0.4) is 0 Å². The molecule has 1 aromatic carbocycles. The van der Waals surface area contributed by atoms with Crippen LogP contribution in [-0.4, -0.2) is 40.3 Å². The van der Waals surface area contributed by atoms with Crippen LogP contribution in [0.25, 0.3) is 0 Å². The highest BCUT2D eigenvalue weighted by atomic mass is 32.1. The number of hydrogen-bond donors (Lipinski definition) is 1. The Labute approximate surface area is 147 Å². The van der Waals surface area contributed by atoms with Gasteiger partial charge in [0.05, 0.1) is 6.04 Å². The SMILES string of the molecule is CC(C)c1nnc(C(c2ccc(F)cc2)N2C[C@H](C)NC[C@H]2C)s1. The van der Waals surface area contributed by atoms with Crippen LogP contribution in [-0.2, 0) is 0 Å². The average molecular weight is 348 g/mol. The number of hydrogen-bond acceptors (Lipinski definition) is 5. The van der Waals surface area contributed by atoms with E-state index in [0.29, 0.717) is 18.0 Å². The predicted octanol–water partition coefficient (Wildman–Crippen LogP) is 3.57. The fourth-order valence-electron chi connectivity index (χ4n) is 3.12. The van der Waals surface area contributed by atoms with Crippen molar-refractivity contribution < 1.29 is 4.39 Å². The summed E-state index contributed by atoms with van der Waals surface area (Å²) in [5, 5.41) is 14.4. The molecule has 1 unspecified atom stereocenters. The van der Waals surface area contributed by atoms with Gasteiger partial charge in [0.25, 0.3) is 0 Å². The zero-order chi connectivity index (χ0) is 17.3. The highest BCUT2D eigenvalue weighted by Gasteiger charge is 2.33. The molecule has 1 aliphatic rings. The third-order valence-corrected chi connectivity index (χ3v) is 5.79. The van der Waals surface area contributed by atoms with Gasteiger partial charge in [-0.05, 0) is 31.5 Å². The van der Waals surface area contributed by atoms with Crippen molar-refractivity contribution in [3.63, 3.8) is 0 Å². The van der Waals surface area contributed by atoms with Crippen LogP contribution >= 0.6 is 11.3 Å². The van der Waals surface area contributed by atoms with E-state index in [-0.39, 0.29) is 11.9 Å². The predicted molar refractivity (Wildman–Crippen MR) is 95.9 cm³/mol. The van der Waals surface area contributed by atoms with E-state index in [9.17, 15) is 4.39 Å². The lowest BCUT2D eigenvalue weighted by Gasteiger charge is -2.41. The molecule has 0 bridgehead atoms. The molecule has 3 rings (SSSR count). The van der Waals surface area contributed by atoms with Crippen LogP contribution in [0.5, 0.6) is 0 Å². The summed E-state index contributed by atoms with van der Waals surface area (Å²) in [6, 6.07) is 7.62. The van der Waals surface area contributed by atoms with E-state index < -0.39 is 0 Å². The molecule has 1 aliphatic heterocycles. The van der Waals surface area contributed by atoms with E-state index >= 15 is 0 Å². The standard InChI is InChI=1S/C18H25FN4S/c1-11(2)17-21-22-18(24-17)16(14-5-7-15(19)8-6-14)23-10-12(3)20-9-13(23)4/h5-8,11-13,16,20H,9-10H2,1-4H3/t12-,13+,16?/m0/s1. The molecule has 24 heavy (non-hydrogen) atoms. The molecule has 0 aliphatic carbocycles. The third-order valence-electron chi connectivity index (χ3n) is 4.51. The first-order chi connectivity index (χ1) is 11.5. The van der Waals surface area contributed by atoms with Crippen molar-refractivity contribution in [2.45, 2.75) is 51.7 Å². The third kappa shape index (κ3) is 3.66. The van der Waals surface area contributed by atoms with Gasteiger partial charge in [-0.15, -0.1) is 10.2 Å². The van der Waals surface area contributed by atoms with E-state index in [0.717, 1.165) is 28.7 Å². The number of halogens is 1. The van der Waals surface area contributed by atoms with Gasteiger partial charge in [0.2, 0.25) is 0 Å². The summed E-state index contributed by atoms with van der Waals surface area (Å²) in [5.74, 6) is 0.156. The summed E-state index contributed by atoms with van der Waals surface area (Å²) in [4.78, 5) is 2.46. The molecule has 1 fully saturated rings. The average Bonchev–Trinajstić information content (AvgIpc) is 3.03. The normalized spacial score (nSPS) is 23.6. The van der Waals surface area contributed by atoms with Gasteiger partial charge < -0.3 is 5.32 Å². The monoisotopic (exact) mass is 348 g/mol. The first kappa shape index (κ1) is 17.5. The van der Waals surface area contributed by atoms with Crippen LogP contribution in [0.4, 0.5) is 4.39 Å². The minimum absolute atomic E-state index is 0.0233. The van der Waals surface area contributed by atoms with Gasteiger partial charge >= 0.3 is 0 Å². The van der Waals surface area contributed by atoms with Crippen molar-refractivity contribution in [1.29, 1.82) is 0 Å². The number of piperazine rings is 1. The zero-order valence-electron chi connectivity index (χ0n) is 14.7. The fourth-order valence-corrected chi connectivity index (χ4v) is 4.12. The van der Waals surface area contributed by atoms with Crippen molar-refractivity contribution in [3.8, 4) is 0 Å². The van der Waals surface area contributed by atoms with Crippen LogP contribution in [0.1, 0.15) is 55.2 Å². The number of aromatic nitrogens is 2. The first-order valence-corrected chi connectivity index (χ1v) is 9.35. The molecule has 0 amide bonds. The van der Waals surface area contributed by atoms with Crippen molar-refractivity contribution >= 4 is 11.3 Å². The Hall–Kier alpha value is -1.37. The Morgan fingerprint density at radius 1 is 1.17 bits per heavy atom. The fraction of sp³-hybridized carbons (Fsp3) is 0.556. The molecule has 2 aromatic rings. The van der Waals surface area contributed by atoms with E-state index in [1.807, 2.05) is 12.1 Å². The van der Waals surface area contributed by atoms with Crippen LogP contribution in [0.2, 0.25) is 0 Å². The summed E-state index contributed by atoms with van der Waals surface area (Å²) in [6.07, 6.45) is 0. The second kappa shape index (κ2) is 7.25. The molecule has 2 heterocycles. The van der Waals surface area contributed by atoms with Gasteiger partial charge in [-0.25, -0.2) is 4.39 Å². The lowest BCUT2D eigenvalue weighted by atomic mass is 10.0. The molecule has 1 saturated heterocycles. The summed E-state index contributed by atoms with van der Waals surface area (Å²) >= 11 is 1.67. The summed E-state index contributed by atoms with van der Waals surface area (Å²) in [7, 11) is 0. The molecular weight excluding hydrogens is 323 g/mol. The van der Waals surface area contributed by atoms with Gasteiger partial charge in [-0.1, -0.05) is 37.3 Å². The van der Waals surface area contributed by atoms with Gasteiger partial charge in [-0.3, -0.25) is 4.90 Å². The van der Waals surface area contributed by atoms with Crippen molar-refractivity contribution in [2.75, 3.05) is 13.1 Å². The number of benzene rings is 1. The highest BCUT2D eigenvalue weighted by Crippen LogP contribution is 2.34. The number of rotatable bonds is 4. The number of nitrogens with zero attached hydrogens (tertiary/aromatic N) is 3. The maximum atomic E-state index is 13.4. The summed E-state index contributed by atoms with van der Waals surface area (Å²) in [5.41, 5.74) is 1.07. The summed E-state index contributed by atoms with van der Waals surface area (Å²) in [6.45, 7) is 10.5. The van der Waals surface area contributed by atoms with Gasteiger partial charge in [0.1, 0.15) is 15.8 Å². The van der Waals surface area contributed by atoms with Crippen LogP contribution < -0.4 is 5.32 Å². The summed E-state index contributed by atoms with van der Waals surface area (Å²) < 4.78 is 13.4. The van der Waals surface area contributed by atoms with E-state index in [1.54, 1.807) is 11.3 Å². The van der Waals surface area contributed by atoms with Gasteiger partial charge in [0, 0.05) is 31.1 Å². The Balaban J connectivity index is 2.00. The molecule has 1 N–H and O–H groups in total. The zero-order valence-corrected chi connectivity index (χ0v) is 15.5. The highest BCUT2D eigenvalue weighted by molar-refractivity contribution is 7.11. The van der Waals surface area contributed by atoms with Crippen molar-refractivity contribution in [1.82, 2.24) is 20.4 Å². The molecule has 4 nitrogen and oxygen atoms in total. The Morgan fingerprint density at radius 3 is 2.46 bits per heavy atom. The minimum Gasteiger partial charge on any atom is -0.311 e. The maximum Gasteiger partial charge on any atom is 0.139 e. The van der Waals surface area contributed by atoms with Crippen molar-refractivity contribution in [3.05, 3.63) is 45.7 Å². The molecule has 0 radical (unpaired) electrons. The molecule has 130 valence electrons. The van der Waals surface area contributed by atoms with E-state index in [4.69, 9.17) is 0 Å². The largest absolute Gasteiger partial charge is 0.311 e. The molecule has 3 atom stereocenters. The maximum absolute atomic E-state index is 13.4. The topological polar surface area (TPSA) is 41.1 Å². The van der Waals surface area contributed by atoms with E-state index in [1.165, 1.54) is 12.1 Å². The van der Waals surface area contributed by atoms with Crippen molar-refractivity contribution in [2.24, 2.45) is 0 Å². The lowest BCUT2D eigenvalue weighted by Crippen LogP contribution is -2.55. The van der Waals surface area contributed by atoms with Gasteiger partial charge in [0.15, 0.2) is 0 Å². The first-order valence-electron chi connectivity index (χ1n) is 8.53. The van der Waals surface area contributed by atoms with E-state index in [2.05, 4.69) is 48.1 Å². The quantitative estimate of drug-likeness (QED) is 0.917. The lowest BCUT2D eigenvalue weighted by molar-refractivity contribution is 0.112.